The molecule has 8 nitrogen and oxygen atoms in total. The molecule has 1 aromatic carbocycles. The molecule has 8 heteroatoms. The van der Waals surface area contributed by atoms with E-state index in [0.717, 1.165) is 37.1 Å². The van der Waals surface area contributed by atoms with Crippen LogP contribution in [0.2, 0.25) is 0 Å². The van der Waals surface area contributed by atoms with Crippen molar-refractivity contribution >= 4 is 11.6 Å². The molecule has 2 aromatic heterocycles. The Hall–Kier alpha value is -2.97. The highest BCUT2D eigenvalue weighted by atomic mass is 16.5. The van der Waals surface area contributed by atoms with Crippen LogP contribution in [0.4, 0.5) is 0 Å². The van der Waals surface area contributed by atoms with Gasteiger partial charge in [0.15, 0.2) is 17.4 Å². The van der Waals surface area contributed by atoms with E-state index in [2.05, 4.69) is 68.8 Å². The lowest BCUT2D eigenvalue weighted by Gasteiger charge is -2.35. The van der Waals surface area contributed by atoms with E-state index in [1.165, 1.54) is 11.1 Å². The number of hydrogen-bond acceptors (Lipinski definition) is 5. The standard InChI is InChI=1S/C23H31N7O/c1-17-14-29(15-18(2)31-17)16-20-9-5-4-8-19(20)12-25-23(24-3)26-13-22-28-27-21-10-6-7-11-30(21)22/h4-11,17-18H,12-16H2,1-3H3,(H2,24,25,26). The van der Waals surface area contributed by atoms with E-state index < -0.39 is 0 Å². The molecule has 0 radical (unpaired) electrons. The van der Waals surface area contributed by atoms with Gasteiger partial charge in [-0.25, -0.2) is 0 Å². The Balaban J connectivity index is 1.35. The first-order valence-corrected chi connectivity index (χ1v) is 10.8. The lowest BCUT2D eigenvalue weighted by molar-refractivity contribution is -0.0705. The van der Waals surface area contributed by atoms with Crippen molar-refractivity contribution in [1.82, 2.24) is 30.1 Å². The molecule has 2 atom stereocenters. The van der Waals surface area contributed by atoms with Crippen molar-refractivity contribution in [3.8, 4) is 0 Å². The fourth-order valence-corrected chi connectivity index (χ4v) is 4.11. The van der Waals surface area contributed by atoms with Crippen LogP contribution in [0.1, 0.15) is 30.8 Å². The molecule has 1 saturated heterocycles. The minimum Gasteiger partial charge on any atom is -0.373 e. The summed E-state index contributed by atoms with van der Waals surface area (Å²) in [5, 5.41) is 15.2. The molecule has 1 fully saturated rings. The average Bonchev–Trinajstić information content (AvgIpc) is 3.17. The van der Waals surface area contributed by atoms with Gasteiger partial charge in [0.1, 0.15) is 0 Å². The molecular weight excluding hydrogens is 390 g/mol. The molecule has 1 aliphatic heterocycles. The third-order valence-corrected chi connectivity index (χ3v) is 5.48. The van der Waals surface area contributed by atoms with Gasteiger partial charge in [0.05, 0.1) is 18.8 Å². The summed E-state index contributed by atoms with van der Waals surface area (Å²) >= 11 is 0. The van der Waals surface area contributed by atoms with Crippen molar-refractivity contribution in [2.24, 2.45) is 4.99 Å². The SMILES string of the molecule is CN=C(NCc1ccccc1CN1CC(C)OC(C)C1)NCc1nnc2ccccn12. The molecule has 3 heterocycles. The Bertz CT molecular complexity index is 1020. The van der Waals surface area contributed by atoms with E-state index in [0.29, 0.717) is 13.1 Å². The molecule has 0 aliphatic carbocycles. The summed E-state index contributed by atoms with van der Waals surface area (Å²) in [4.78, 5) is 6.83. The average molecular weight is 422 g/mol. The molecule has 2 unspecified atom stereocenters. The zero-order valence-corrected chi connectivity index (χ0v) is 18.5. The second-order valence-electron chi connectivity index (χ2n) is 8.04. The number of morpholine rings is 1. The molecule has 3 aromatic rings. The van der Waals surface area contributed by atoms with Gasteiger partial charge in [-0.2, -0.15) is 0 Å². The monoisotopic (exact) mass is 421 g/mol. The van der Waals surface area contributed by atoms with Crippen LogP contribution in [0.25, 0.3) is 5.65 Å². The van der Waals surface area contributed by atoms with Gasteiger partial charge in [0.25, 0.3) is 0 Å². The predicted octanol–water partition coefficient (Wildman–Crippen LogP) is 2.20. The maximum absolute atomic E-state index is 5.87. The van der Waals surface area contributed by atoms with E-state index in [1.54, 1.807) is 7.05 Å². The van der Waals surface area contributed by atoms with E-state index in [9.17, 15) is 0 Å². The van der Waals surface area contributed by atoms with Crippen LogP contribution in [0.15, 0.2) is 53.7 Å². The first-order chi connectivity index (χ1) is 15.1. The van der Waals surface area contributed by atoms with Gasteiger partial charge < -0.3 is 15.4 Å². The maximum Gasteiger partial charge on any atom is 0.191 e. The number of hydrogen-bond donors (Lipinski definition) is 2. The number of fused-ring (bicyclic) bond motifs is 1. The molecule has 0 bridgehead atoms. The van der Waals surface area contributed by atoms with Crippen LogP contribution in [0, 0.1) is 0 Å². The van der Waals surface area contributed by atoms with Crippen LogP contribution < -0.4 is 10.6 Å². The van der Waals surface area contributed by atoms with Gasteiger partial charge in [-0.3, -0.25) is 14.3 Å². The first-order valence-electron chi connectivity index (χ1n) is 10.8. The number of rotatable bonds is 6. The first kappa shape index (κ1) is 21.3. The van der Waals surface area contributed by atoms with Crippen LogP contribution in [-0.4, -0.2) is 57.8 Å². The third kappa shape index (κ3) is 5.39. The van der Waals surface area contributed by atoms with Gasteiger partial charge in [-0.05, 0) is 37.1 Å². The molecule has 164 valence electrons. The minimum atomic E-state index is 0.269. The summed E-state index contributed by atoms with van der Waals surface area (Å²) in [5.41, 5.74) is 3.43. The van der Waals surface area contributed by atoms with Gasteiger partial charge in [-0.1, -0.05) is 30.3 Å². The molecule has 0 amide bonds. The third-order valence-electron chi connectivity index (χ3n) is 5.48. The van der Waals surface area contributed by atoms with Crippen LogP contribution in [-0.2, 0) is 24.4 Å². The van der Waals surface area contributed by atoms with Crippen LogP contribution >= 0.6 is 0 Å². The Morgan fingerprint density at radius 3 is 2.48 bits per heavy atom. The van der Waals surface area contributed by atoms with Crippen molar-refractivity contribution in [2.75, 3.05) is 20.1 Å². The number of benzene rings is 1. The second-order valence-corrected chi connectivity index (χ2v) is 8.04. The summed E-state index contributed by atoms with van der Waals surface area (Å²) in [5.74, 6) is 1.57. The second kappa shape index (κ2) is 9.89. The number of aliphatic imine (C=N–C) groups is 1. The van der Waals surface area contributed by atoms with Gasteiger partial charge >= 0.3 is 0 Å². The summed E-state index contributed by atoms with van der Waals surface area (Å²) in [6, 6.07) is 14.4. The predicted molar refractivity (Wildman–Crippen MR) is 122 cm³/mol. The van der Waals surface area contributed by atoms with Gasteiger partial charge in [0, 0.05) is 39.4 Å². The van der Waals surface area contributed by atoms with Crippen molar-refractivity contribution in [2.45, 2.75) is 45.7 Å². The smallest absolute Gasteiger partial charge is 0.191 e. The quantitative estimate of drug-likeness (QED) is 0.469. The maximum atomic E-state index is 5.87. The number of aromatic nitrogens is 3. The Morgan fingerprint density at radius 2 is 1.71 bits per heavy atom. The summed E-state index contributed by atoms with van der Waals surface area (Å²) in [6.07, 6.45) is 2.50. The number of nitrogens with one attached hydrogen (secondary N) is 2. The molecule has 0 spiro atoms. The lowest BCUT2D eigenvalue weighted by atomic mass is 10.1. The Kier molecular flexibility index (Phi) is 6.79. The highest BCUT2D eigenvalue weighted by Crippen LogP contribution is 2.17. The largest absolute Gasteiger partial charge is 0.373 e. The zero-order chi connectivity index (χ0) is 21.6. The summed E-state index contributed by atoms with van der Waals surface area (Å²) in [6.45, 7) is 8.37. The van der Waals surface area contributed by atoms with E-state index in [-0.39, 0.29) is 12.2 Å². The zero-order valence-electron chi connectivity index (χ0n) is 18.5. The lowest BCUT2D eigenvalue weighted by Crippen LogP contribution is -2.45. The molecular formula is C23H31N7O. The topological polar surface area (TPSA) is 79.1 Å². The number of pyridine rings is 1. The normalized spacial score (nSPS) is 20.2. The highest BCUT2D eigenvalue weighted by molar-refractivity contribution is 5.79. The number of ether oxygens (including phenoxy) is 1. The molecule has 4 rings (SSSR count). The van der Waals surface area contributed by atoms with Crippen molar-refractivity contribution in [3.05, 3.63) is 65.6 Å². The fourth-order valence-electron chi connectivity index (χ4n) is 4.11. The Morgan fingerprint density at radius 1 is 1.00 bits per heavy atom. The summed E-state index contributed by atoms with van der Waals surface area (Å²) < 4.78 is 7.84. The summed E-state index contributed by atoms with van der Waals surface area (Å²) in [7, 11) is 1.78. The molecule has 2 N–H and O–H groups in total. The Labute approximate surface area is 183 Å². The van der Waals surface area contributed by atoms with Gasteiger partial charge in [0.2, 0.25) is 0 Å². The molecule has 1 aliphatic rings. The number of nitrogens with zero attached hydrogens (tertiary/aromatic N) is 5. The van der Waals surface area contributed by atoms with E-state index >= 15 is 0 Å². The number of guanidine groups is 1. The van der Waals surface area contributed by atoms with Gasteiger partial charge in [-0.15, -0.1) is 10.2 Å². The van der Waals surface area contributed by atoms with E-state index in [4.69, 9.17) is 4.74 Å². The fraction of sp³-hybridized carbons (Fsp3) is 0.435. The van der Waals surface area contributed by atoms with Crippen molar-refractivity contribution in [3.63, 3.8) is 0 Å². The van der Waals surface area contributed by atoms with E-state index in [1.807, 2.05) is 28.8 Å². The molecule has 0 saturated carbocycles. The minimum absolute atomic E-state index is 0.269. The highest BCUT2D eigenvalue weighted by Gasteiger charge is 2.22. The van der Waals surface area contributed by atoms with Crippen molar-refractivity contribution < 1.29 is 4.74 Å². The van der Waals surface area contributed by atoms with Crippen LogP contribution in [0.5, 0.6) is 0 Å². The molecule has 31 heavy (non-hydrogen) atoms. The van der Waals surface area contributed by atoms with Crippen LogP contribution in [0.3, 0.4) is 0 Å². The van der Waals surface area contributed by atoms with Crippen molar-refractivity contribution in [1.29, 1.82) is 0 Å².